The van der Waals surface area contributed by atoms with Gasteiger partial charge in [-0.1, -0.05) is 24.4 Å². The molecule has 1 heterocycles. The van der Waals surface area contributed by atoms with Crippen LogP contribution in [0.2, 0.25) is 5.02 Å². The minimum Gasteiger partial charge on any atom is -0.495 e. The average molecular weight is 366 g/mol. The summed E-state index contributed by atoms with van der Waals surface area (Å²) in [5, 5.41) is 3.91. The fourth-order valence-electron chi connectivity index (χ4n) is 3.89. The fourth-order valence-corrected chi connectivity index (χ4v) is 4.06. The van der Waals surface area contributed by atoms with Crippen molar-refractivity contribution in [3.8, 4) is 5.75 Å². The second-order valence-corrected chi connectivity index (χ2v) is 7.31. The third kappa shape index (κ3) is 4.79. The van der Waals surface area contributed by atoms with Gasteiger partial charge < -0.3 is 15.0 Å². The number of nitrogens with one attached hydrogen (secondary N) is 1. The highest BCUT2D eigenvalue weighted by Crippen LogP contribution is 2.27. The number of carbonyl (C=O) groups is 1. The topological polar surface area (TPSA) is 44.8 Å². The molecule has 1 amide bonds. The van der Waals surface area contributed by atoms with Crippen LogP contribution in [0.15, 0.2) is 18.2 Å². The van der Waals surface area contributed by atoms with Gasteiger partial charge in [0.05, 0.1) is 12.8 Å². The fraction of sp³-hybridized carbons (Fsp3) is 0.632. The van der Waals surface area contributed by atoms with Crippen LogP contribution >= 0.6 is 11.6 Å². The smallest absolute Gasteiger partial charge is 0.224 e. The van der Waals surface area contributed by atoms with E-state index in [1.54, 1.807) is 13.2 Å². The predicted octanol–water partition coefficient (Wildman–Crippen LogP) is 3.24. The van der Waals surface area contributed by atoms with Crippen LogP contribution in [0.3, 0.4) is 0 Å². The molecular weight excluding hydrogens is 338 g/mol. The van der Waals surface area contributed by atoms with Crippen LogP contribution in [-0.4, -0.2) is 61.6 Å². The zero-order valence-corrected chi connectivity index (χ0v) is 15.7. The summed E-state index contributed by atoms with van der Waals surface area (Å²) in [7, 11) is 1.63. The highest BCUT2D eigenvalue weighted by atomic mass is 35.5. The van der Waals surface area contributed by atoms with Crippen LogP contribution < -0.4 is 10.1 Å². The molecule has 1 aliphatic carbocycles. The normalized spacial score (nSPS) is 19.2. The SMILES string of the molecule is COc1ccc(Cl)cc1NCCC(=O)N1CCN(C2CCCC2)CC1. The van der Waals surface area contributed by atoms with Crippen LogP contribution in [0.25, 0.3) is 0 Å². The van der Waals surface area contributed by atoms with Crippen LogP contribution in [0.5, 0.6) is 5.75 Å². The van der Waals surface area contributed by atoms with Crippen molar-refractivity contribution >= 4 is 23.2 Å². The molecule has 5 nitrogen and oxygen atoms in total. The van der Waals surface area contributed by atoms with Crippen molar-refractivity contribution < 1.29 is 9.53 Å². The number of amides is 1. The molecule has 0 bridgehead atoms. The van der Waals surface area contributed by atoms with Gasteiger partial charge in [-0.25, -0.2) is 0 Å². The first-order valence-electron chi connectivity index (χ1n) is 9.26. The first kappa shape index (κ1) is 18.3. The maximum absolute atomic E-state index is 12.4. The average Bonchev–Trinajstić information content (AvgIpc) is 3.17. The first-order chi connectivity index (χ1) is 12.2. The first-order valence-corrected chi connectivity index (χ1v) is 9.64. The van der Waals surface area contributed by atoms with Crippen molar-refractivity contribution in [2.45, 2.75) is 38.1 Å². The van der Waals surface area contributed by atoms with E-state index in [9.17, 15) is 4.79 Å². The molecule has 1 N–H and O–H groups in total. The minimum absolute atomic E-state index is 0.222. The van der Waals surface area contributed by atoms with Gasteiger partial charge >= 0.3 is 0 Å². The Bertz CT molecular complexity index is 582. The van der Waals surface area contributed by atoms with E-state index < -0.39 is 0 Å². The minimum atomic E-state index is 0.222. The molecule has 6 heteroatoms. The number of hydrogen-bond donors (Lipinski definition) is 1. The van der Waals surface area contributed by atoms with Crippen molar-refractivity contribution in [3.05, 3.63) is 23.2 Å². The number of hydrogen-bond acceptors (Lipinski definition) is 4. The number of rotatable bonds is 6. The third-order valence-corrected chi connectivity index (χ3v) is 5.56. The Balaban J connectivity index is 1.42. The summed E-state index contributed by atoms with van der Waals surface area (Å²) in [5.41, 5.74) is 0.828. The molecule has 0 aromatic heterocycles. The zero-order chi connectivity index (χ0) is 17.6. The number of halogens is 1. The van der Waals surface area contributed by atoms with Crippen LogP contribution in [-0.2, 0) is 4.79 Å². The lowest BCUT2D eigenvalue weighted by Gasteiger charge is -2.38. The Morgan fingerprint density at radius 1 is 1.24 bits per heavy atom. The number of benzene rings is 1. The predicted molar refractivity (Wildman–Crippen MR) is 102 cm³/mol. The van der Waals surface area contributed by atoms with Crippen molar-refractivity contribution in [1.82, 2.24) is 9.80 Å². The van der Waals surface area contributed by atoms with Gasteiger partial charge in [-0.3, -0.25) is 9.69 Å². The Labute approximate surface area is 155 Å². The summed E-state index contributed by atoms with van der Waals surface area (Å²) >= 11 is 6.03. The maximum atomic E-state index is 12.4. The monoisotopic (exact) mass is 365 g/mol. The van der Waals surface area contributed by atoms with E-state index in [0.717, 1.165) is 43.7 Å². The molecule has 25 heavy (non-hydrogen) atoms. The van der Waals surface area contributed by atoms with Crippen LogP contribution in [0, 0.1) is 0 Å². The van der Waals surface area contributed by atoms with Crippen molar-refractivity contribution in [3.63, 3.8) is 0 Å². The second-order valence-electron chi connectivity index (χ2n) is 6.88. The number of nitrogens with zero attached hydrogens (tertiary/aromatic N) is 2. The van der Waals surface area contributed by atoms with Gasteiger partial charge in [-0.2, -0.15) is 0 Å². The van der Waals surface area contributed by atoms with Gasteiger partial charge in [0.25, 0.3) is 0 Å². The summed E-state index contributed by atoms with van der Waals surface area (Å²) in [6.07, 6.45) is 5.88. The highest BCUT2D eigenvalue weighted by molar-refractivity contribution is 6.30. The van der Waals surface area contributed by atoms with E-state index in [0.29, 0.717) is 18.0 Å². The van der Waals surface area contributed by atoms with E-state index >= 15 is 0 Å². The van der Waals surface area contributed by atoms with Crippen molar-refractivity contribution in [1.29, 1.82) is 0 Å². The van der Waals surface area contributed by atoms with E-state index in [1.165, 1.54) is 25.7 Å². The summed E-state index contributed by atoms with van der Waals surface area (Å²) < 4.78 is 5.31. The van der Waals surface area contributed by atoms with E-state index in [-0.39, 0.29) is 5.91 Å². The molecule has 3 rings (SSSR count). The quantitative estimate of drug-likeness (QED) is 0.840. The summed E-state index contributed by atoms with van der Waals surface area (Å²) in [6.45, 7) is 4.34. The molecule has 0 radical (unpaired) electrons. The van der Waals surface area contributed by atoms with E-state index in [2.05, 4.69) is 10.2 Å². The molecule has 0 atom stereocenters. The standard InChI is InChI=1S/C19H28ClN3O2/c1-25-18-7-6-15(20)14-17(18)21-9-8-19(24)23-12-10-22(11-13-23)16-4-2-3-5-16/h6-7,14,16,21H,2-5,8-13H2,1H3. The molecule has 1 saturated heterocycles. The summed E-state index contributed by atoms with van der Waals surface area (Å²) in [4.78, 5) is 17.0. The lowest BCUT2D eigenvalue weighted by Crippen LogP contribution is -2.51. The molecule has 2 aliphatic rings. The number of methoxy groups -OCH3 is 1. The molecule has 1 saturated carbocycles. The molecule has 138 valence electrons. The van der Waals surface area contributed by atoms with Crippen LogP contribution in [0.4, 0.5) is 5.69 Å². The molecule has 0 spiro atoms. The largest absolute Gasteiger partial charge is 0.495 e. The summed E-state index contributed by atoms with van der Waals surface area (Å²) in [5.74, 6) is 0.960. The van der Waals surface area contributed by atoms with Gasteiger partial charge in [0.2, 0.25) is 5.91 Å². The summed E-state index contributed by atoms with van der Waals surface area (Å²) in [6, 6.07) is 6.20. The molecule has 1 aromatic rings. The zero-order valence-electron chi connectivity index (χ0n) is 15.0. The third-order valence-electron chi connectivity index (χ3n) is 5.32. The van der Waals surface area contributed by atoms with Gasteiger partial charge in [0.15, 0.2) is 0 Å². The van der Waals surface area contributed by atoms with Crippen LogP contribution in [0.1, 0.15) is 32.1 Å². The van der Waals surface area contributed by atoms with E-state index in [4.69, 9.17) is 16.3 Å². The number of anilines is 1. The second kappa shape index (κ2) is 8.77. The Morgan fingerprint density at radius 2 is 1.96 bits per heavy atom. The van der Waals surface area contributed by atoms with E-state index in [1.807, 2.05) is 17.0 Å². The molecular formula is C19H28ClN3O2. The van der Waals surface area contributed by atoms with Crippen molar-refractivity contribution in [2.24, 2.45) is 0 Å². The molecule has 2 fully saturated rings. The van der Waals surface area contributed by atoms with Gasteiger partial charge in [0.1, 0.15) is 5.75 Å². The lowest BCUT2D eigenvalue weighted by molar-refractivity contribution is -0.133. The van der Waals surface area contributed by atoms with Gasteiger partial charge in [0, 0.05) is 50.2 Å². The lowest BCUT2D eigenvalue weighted by atomic mass is 10.1. The Morgan fingerprint density at radius 3 is 2.64 bits per heavy atom. The number of carbonyl (C=O) groups excluding carboxylic acids is 1. The van der Waals surface area contributed by atoms with Gasteiger partial charge in [-0.15, -0.1) is 0 Å². The van der Waals surface area contributed by atoms with Crippen molar-refractivity contribution in [2.75, 3.05) is 45.2 Å². The molecule has 0 unspecified atom stereocenters. The highest BCUT2D eigenvalue weighted by Gasteiger charge is 2.27. The molecule has 1 aliphatic heterocycles. The number of ether oxygens (including phenoxy) is 1. The Hall–Kier alpha value is -1.46. The number of piperazine rings is 1. The van der Waals surface area contributed by atoms with Gasteiger partial charge in [-0.05, 0) is 31.0 Å². The maximum Gasteiger partial charge on any atom is 0.224 e. The Kier molecular flexibility index (Phi) is 6.43. The molecule has 1 aromatic carbocycles.